The van der Waals surface area contributed by atoms with Crippen molar-refractivity contribution in [3.8, 4) is 11.3 Å². The topological polar surface area (TPSA) is 105 Å². The van der Waals surface area contributed by atoms with Crippen LogP contribution in [0.1, 0.15) is 26.7 Å². The Hall–Kier alpha value is -3.65. The van der Waals surface area contributed by atoms with Crippen LogP contribution in [0, 0.1) is 0 Å². The van der Waals surface area contributed by atoms with Crippen molar-refractivity contribution in [1.82, 2.24) is 5.43 Å². The Morgan fingerprint density at radius 3 is 2.69 bits per heavy atom. The van der Waals surface area contributed by atoms with Crippen molar-refractivity contribution in [1.29, 1.82) is 0 Å². The number of halogens is 1. The zero-order chi connectivity index (χ0) is 20.4. The first-order valence-corrected chi connectivity index (χ1v) is 9.25. The van der Waals surface area contributed by atoms with Crippen molar-refractivity contribution in [2.45, 2.75) is 0 Å². The van der Waals surface area contributed by atoms with E-state index >= 15 is 0 Å². The van der Waals surface area contributed by atoms with Gasteiger partial charge in [-0.1, -0.05) is 34.1 Å². The third-order valence-corrected chi connectivity index (χ3v) is 4.60. The van der Waals surface area contributed by atoms with Gasteiger partial charge in [0.25, 0.3) is 0 Å². The zero-order valence-corrected chi connectivity index (χ0v) is 16.3. The molecule has 0 unspecified atom stereocenters. The highest BCUT2D eigenvalue weighted by Gasteiger charge is 2.14. The average Bonchev–Trinajstić information content (AvgIpc) is 3.34. The molecule has 0 aliphatic rings. The van der Waals surface area contributed by atoms with Crippen LogP contribution in [0.5, 0.6) is 0 Å². The second kappa shape index (κ2) is 7.76. The summed E-state index contributed by atoms with van der Waals surface area (Å²) in [6.07, 6.45) is 1.32. The first-order chi connectivity index (χ1) is 14.0. The molecule has 7 nitrogen and oxygen atoms in total. The third-order valence-electron chi connectivity index (χ3n) is 4.11. The van der Waals surface area contributed by atoms with Gasteiger partial charge in [0.05, 0.1) is 11.8 Å². The van der Waals surface area contributed by atoms with Gasteiger partial charge in [-0.05, 0) is 42.5 Å². The molecule has 0 radical (unpaired) electrons. The fourth-order valence-corrected chi connectivity index (χ4v) is 3.17. The molecule has 1 amide bonds. The molecular weight excluding hydrogens is 440 g/mol. The van der Waals surface area contributed by atoms with Crippen LogP contribution in [-0.4, -0.2) is 23.2 Å². The minimum absolute atomic E-state index is 0.130. The summed E-state index contributed by atoms with van der Waals surface area (Å²) >= 11 is 3.37. The van der Waals surface area contributed by atoms with E-state index in [0.717, 1.165) is 9.86 Å². The number of rotatable bonds is 5. The van der Waals surface area contributed by atoms with E-state index in [1.54, 1.807) is 42.5 Å². The van der Waals surface area contributed by atoms with E-state index < -0.39 is 11.9 Å². The van der Waals surface area contributed by atoms with Crippen LogP contribution in [0.3, 0.4) is 0 Å². The maximum absolute atomic E-state index is 12.2. The Bertz CT molecular complexity index is 1250. The average molecular weight is 453 g/mol. The Balaban J connectivity index is 1.47. The summed E-state index contributed by atoms with van der Waals surface area (Å²) in [4.78, 5) is 23.5. The molecule has 0 saturated heterocycles. The van der Waals surface area contributed by atoms with E-state index in [4.69, 9.17) is 8.83 Å². The monoisotopic (exact) mass is 452 g/mol. The summed E-state index contributed by atoms with van der Waals surface area (Å²) in [5, 5.41) is 13.9. The molecule has 2 aromatic heterocycles. The molecule has 2 aromatic carbocycles. The standard InChI is InChI=1S/C21H13BrN2O5/c22-13-5-7-17-12(9-13)10-19(29-17)20(25)24-23-11-14-6-8-18(28-14)15-3-1-2-4-16(15)21(26)27/h1-11H,(H,24,25)(H,26,27)/b23-11+. The number of nitrogens with one attached hydrogen (secondary N) is 1. The predicted molar refractivity (Wildman–Crippen MR) is 110 cm³/mol. The maximum atomic E-state index is 12.2. The molecular formula is C21H13BrN2O5. The van der Waals surface area contributed by atoms with Crippen LogP contribution < -0.4 is 5.43 Å². The summed E-state index contributed by atoms with van der Waals surface area (Å²) in [6, 6.07) is 16.8. The van der Waals surface area contributed by atoms with Crippen molar-refractivity contribution in [2.75, 3.05) is 0 Å². The lowest BCUT2D eigenvalue weighted by Gasteiger charge is -2.01. The summed E-state index contributed by atoms with van der Waals surface area (Å²) in [5.74, 6) is -0.674. The Morgan fingerprint density at radius 1 is 1.03 bits per heavy atom. The van der Waals surface area contributed by atoms with Crippen molar-refractivity contribution >= 4 is 45.0 Å². The van der Waals surface area contributed by atoms with Crippen LogP contribution in [0.15, 0.2) is 79.1 Å². The number of hydrogen-bond donors (Lipinski definition) is 2. The first-order valence-electron chi connectivity index (χ1n) is 8.46. The molecule has 2 N–H and O–H groups in total. The van der Waals surface area contributed by atoms with E-state index in [2.05, 4.69) is 26.5 Å². The molecule has 0 saturated carbocycles. The first kappa shape index (κ1) is 18.7. The van der Waals surface area contributed by atoms with Gasteiger partial charge in [0.15, 0.2) is 5.76 Å². The number of hydrogen-bond acceptors (Lipinski definition) is 5. The lowest BCUT2D eigenvalue weighted by Crippen LogP contribution is -2.16. The Kier molecular flexibility index (Phi) is 5.01. The molecule has 144 valence electrons. The van der Waals surface area contributed by atoms with Gasteiger partial charge in [-0.25, -0.2) is 10.2 Å². The van der Waals surface area contributed by atoms with E-state index in [1.807, 2.05) is 12.1 Å². The van der Waals surface area contributed by atoms with Gasteiger partial charge in [0.2, 0.25) is 0 Å². The number of furan rings is 2. The molecule has 0 atom stereocenters. The van der Waals surface area contributed by atoms with E-state index in [1.165, 1.54) is 12.3 Å². The molecule has 0 bridgehead atoms. The number of carboxylic acids is 1. The van der Waals surface area contributed by atoms with Gasteiger partial charge in [0.1, 0.15) is 17.1 Å². The number of hydrazone groups is 1. The molecule has 4 aromatic rings. The van der Waals surface area contributed by atoms with Gasteiger partial charge >= 0.3 is 11.9 Å². The van der Waals surface area contributed by atoms with E-state index in [9.17, 15) is 14.7 Å². The third kappa shape index (κ3) is 3.97. The van der Waals surface area contributed by atoms with E-state index in [0.29, 0.717) is 22.7 Å². The molecule has 0 fully saturated rings. The molecule has 0 spiro atoms. The number of carboxylic acid groups (broad SMARTS) is 1. The second-order valence-corrected chi connectivity index (χ2v) is 6.96. The quantitative estimate of drug-likeness (QED) is 0.330. The molecule has 0 aliphatic carbocycles. The molecule has 0 aliphatic heterocycles. The highest BCUT2D eigenvalue weighted by Crippen LogP contribution is 2.26. The number of amides is 1. The lowest BCUT2D eigenvalue weighted by molar-refractivity contribution is 0.0697. The summed E-state index contributed by atoms with van der Waals surface area (Å²) in [6.45, 7) is 0. The normalized spacial score (nSPS) is 11.2. The number of carbonyl (C=O) groups excluding carboxylic acids is 1. The van der Waals surface area contributed by atoms with Crippen LogP contribution in [0.4, 0.5) is 0 Å². The van der Waals surface area contributed by atoms with Gasteiger partial charge in [0, 0.05) is 15.4 Å². The van der Waals surface area contributed by atoms with Crippen molar-refractivity contribution < 1.29 is 23.5 Å². The largest absolute Gasteiger partial charge is 0.478 e. The second-order valence-electron chi connectivity index (χ2n) is 6.04. The van der Waals surface area contributed by atoms with Crippen molar-refractivity contribution in [3.05, 3.63) is 82.2 Å². The van der Waals surface area contributed by atoms with Crippen LogP contribution in [-0.2, 0) is 0 Å². The number of aromatic carboxylic acids is 1. The van der Waals surface area contributed by atoms with Crippen LogP contribution >= 0.6 is 15.9 Å². The SMILES string of the molecule is O=C(N/N=C/c1ccc(-c2ccccc2C(=O)O)o1)c1cc2cc(Br)ccc2o1. The maximum Gasteiger partial charge on any atom is 0.336 e. The highest BCUT2D eigenvalue weighted by atomic mass is 79.9. The Morgan fingerprint density at radius 2 is 1.86 bits per heavy atom. The minimum atomic E-state index is -1.04. The van der Waals surface area contributed by atoms with Crippen LogP contribution in [0.2, 0.25) is 0 Å². The summed E-state index contributed by atoms with van der Waals surface area (Å²) in [7, 11) is 0. The summed E-state index contributed by atoms with van der Waals surface area (Å²) in [5.41, 5.74) is 3.56. The zero-order valence-electron chi connectivity index (χ0n) is 14.8. The van der Waals surface area contributed by atoms with Gasteiger partial charge in [-0.3, -0.25) is 4.79 Å². The van der Waals surface area contributed by atoms with Gasteiger partial charge in [-0.15, -0.1) is 0 Å². The smallest absolute Gasteiger partial charge is 0.336 e. The highest BCUT2D eigenvalue weighted by molar-refractivity contribution is 9.10. The fraction of sp³-hybridized carbons (Fsp3) is 0. The van der Waals surface area contributed by atoms with Gasteiger partial charge in [-0.2, -0.15) is 5.10 Å². The van der Waals surface area contributed by atoms with Gasteiger partial charge < -0.3 is 13.9 Å². The molecule has 2 heterocycles. The number of carbonyl (C=O) groups is 2. The minimum Gasteiger partial charge on any atom is -0.478 e. The lowest BCUT2D eigenvalue weighted by atomic mass is 10.1. The molecule has 29 heavy (non-hydrogen) atoms. The molecule has 8 heteroatoms. The number of nitrogens with zero attached hydrogens (tertiary/aromatic N) is 1. The Labute approximate surface area is 172 Å². The predicted octanol–water partition coefficient (Wildman–Crippen LogP) is 4.92. The number of benzene rings is 2. The van der Waals surface area contributed by atoms with Crippen LogP contribution in [0.25, 0.3) is 22.3 Å². The van der Waals surface area contributed by atoms with Crippen molar-refractivity contribution in [3.63, 3.8) is 0 Å². The summed E-state index contributed by atoms with van der Waals surface area (Å²) < 4.78 is 12.0. The van der Waals surface area contributed by atoms with E-state index in [-0.39, 0.29) is 11.3 Å². The number of fused-ring (bicyclic) bond motifs is 1. The van der Waals surface area contributed by atoms with Crippen molar-refractivity contribution in [2.24, 2.45) is 5.10 Å². The molecule has 4 rings (SSSR count). The fourth-order valence-electron chi connectivity index (χ4n) is 2.79.